The molecular formula is C22H21BrClN3O2. The van der Waals surface area contributed by atoms with E-state index in [0.29, 0.717) is 30.3 Å². The molecule has 0 saturated carbocycles. The third-order valence-corrected chi connectivity index (χ3v) is 6.56. The molecule has 3 aromatic rings. The van der Waals surface area contributed by atoms with Gasteiger partial charge in [-0.05, 0) is 71.7 Å². The number of rotatable bonds is 3. The topological polar surface area (TPSA) is 47.4 Å². The second-order valence-electron chi connectivity index (χ2n) is 7.11. The van der Waals surface area contributed by atoms with Gasteiger partial charge in [-0.1, -0.05) is 23.7 Å². The van der Waals surface area contributed by atoms with Gasteiger partial charge in [0.25, 0.3) is 5.91 Å². The first-order chi connectivity index (χ1) is 13.9. The number of aromatic nitrogens is 2. The molecule has 0 radical (unpaired) electrons. The van der Waals surface area contributed by atoms with Gasteiger partial charge in [0.15, 0.2) is 0 Å². The molecule has 1 amide bonds. The predicted octanol–water partition coefficient (Wildman–Crippen LogP) is 5.12. The molecule has 1 aliphatic rings. The number of aryl methyl sites for hydroxylation is 1. The standard InChI is InChI=1S/C22H21BrClN3O2/c1-14-21(23)15(2)27(25-14)19-9-5-17(6-10-19)22(28)26-11-12-29-20(13-26)16-3-7-18(24)8-4-16/h3-10,20H,11-13H2,1-2H3. The molecule has 7 heteroatoms. The van der Waals surface area contributed by atoms with Crippen molar-refractivity contribution in [2.24, 2.45) is 0 Å². The van der Waals surface area contributed by atoms with E-state index in [2.05, 4.69) is 21.0 Å². The van der Waals surface area contributed by atoms with Crippen LogP contribution in [0, 0.1) is 13.8 Å². The van der Waals surface area contributed by atoms with Crippen LogP contribution >= 0.6 is 27.5 Å². The lowest BCUT2D eigenvalue weighted by atomic mass is 10.1. The molecule has 2 aromatic carbocycles. The Morgan fingerprint density at radius 1 is 1.14 bits per heavy atom. The lowest BCUT2D eigenvalue weighted by molar-refractivity contribution is -0.0228. The molecule has 1 saturated heterocycles. The number of nitrogens with zero attached hydrogens (tertiary/aromatic N) is 3. The molecule has 0 N–H and O–H groups in total. The van der Waals surface area contributed by atoms with Gasteiger partial charge in [-0.3, -0.25) is 4.79 Å². The molecule has 2 heterocycles. The summed E-state index contributed by atoms with van der Waals surface area (Å²) in [5.41, 5.74) is 4.57. The van der Waals surface area contributed by atoms with E-state index in [4.69, 9.17) is 16.3 Å². The van der Waals surface area contributed by atoms with E-state index in [-0.39, 0.29) is 12.0 Å². The Balaban J connectivity index is 1.50. The Hall–Kier alpha value is -2.15. The number of hydrogen-bond donors (Lipinski definition) is 0. The number of halogens is 2. The molecule has 0 spiro atoms. The number of ether oxygens (including phenoxy) is 1. The van der Waals surface area contributed by atoms with Crippen molar-refractivity contribution in [2.75, 3.05) is 19.7 Å². The first-order valence-electron chi connectivity index (χ1n) is 9.42. The molecule has 1 aliphatic heterocycles. The average molecular weight is 475 g/mol. The van der Waals surface area contributed by atoms with E-state index in [1.165, 1.54) is 0 Å². The summed E-state index contributed by atoms with van der Waals surface area (Å²) in [7, 11) is 0. The van der Waals surface area contributed by atoms with Crippen molar-refractivity contribution in [1.82, 2.24) is 14.7 Å². The van der Waals surface area contributed by atoms with E-state index < -0.39 is 0 Å². The van der Waals surface area contributed by atoms with Crippen LogP contribution in [0.1, 0.15) is 33.4 Å². The molecule has 0 bridgehead atoms. The van der Waals surface area contributed by atoms with E-state index in [1.54, 1.807) is 0 Å². The fraction of sp³-hybridized carbons (Fsp3) is 0.273. The highest BCUT2D eigenvalue weighted by molar-refractivity contribution is 9.10. The Labute approximate surface area is 183 Å². The normalized spacial score (nSPS) is 16.8. The second kappa shape index (κ2) is 8.30. The largest absolute Gasteiger partial charge is 0.370 e. The third-order valence-electron chi connectivity index (χ3n) is 5.16. The Morgan fingerprint density at radius 3 is 2.45 bits per heavy atom. The second-order valence-corrected chi connectivity index (χ2v) is 8.34. The van der Waals surface area contributed by atoms with Gasteiger partial charge in [0, 0.05) is 17.1 Å². The van der Waals surface area contributed by atoms with Gasteiger partial charge in [-0.25, -0.2) is 4.68 Å². The lowest BCUT2D eigenvalue weighted by Crippen LogP contribution is -2.42. The molecule has 0 aliphatic carbocycles. The fourth-order valence-electron chi connectivity index (χ4n) is 3.52. The van der Waals surface area contributed by atoms with Crippen LogP contribution < -0.4 is 0 Å². The summed E-state index contributed by atoms with van der Waals surface area (Å²) in [6.07, 6.45) is -0.142. The summed E-state index contributed by atoms with van der Waals surface area (Å²) >= 11 is 9.52. The maximum Gasteiger partial charge on any atom is 0.254 e. The van der Waals surface area contributed by atoms with Crippen molar-refractivity contribution in [3.63, 3.8) is 0 Å². The van der Waals surface area contributed by atoms with Crippen molar-refractivity contribution in [3.05, 3.63) is 80.5 Å². The number of carbonyl (C=O) groups is 1. The minimum Gasteiger partial charge on any atom is -0.370 e. The van der Waals surface area contributed by atoms with Crippen LogP contribution in [-0.2, 0) is 4.74 Å². The highest BCUT2D eigenvalue weighted by atomic mass is 79.9. The lowest BCUT2D eigenvalue weighted by Gasteiger charge is -2.33. The summed E-state index contributed by atoms with van der Waals surface area (Å²) in [5, 5.41) is 5.23. The first-order valence-corrected chi connectivity index (χ1v) is 10.6. The van der Waals surface area contributed by atoms with Crippen LogP contribution in [0.2, 0.25) is 5.02 Å². The summed E-state index contributed by atoms with van der Waals surface area (Å²) < 4.78 is 8.74. The van der Waals surface area contributed by atoms with Gasteiger partial charge in [-0.15, -0.1) is 0 Å². The molecule has 1 fully saturated rings. The molecule has 29 heavy (non-hydrogen) atoms. The maximum absolute atomic E-state index is 13.0. The molecule has 4 rings (SSSR count). The maximum atomic E-state index is 13.0. The highest BCUT2D eigenvalue weighted by Gasteiger charge is 2.26. The Kier molecular flexibility index (Phi) is 5.76. The van der Waals surface area contributed by atoms with Crippen molar-refractivity contribution >= 4 is 33.4 Å². The van der Waals surface area contributed by atoms with Gasteiger partial charge >= 0.3 is 0 Å². The molecule has 1 aromatic heterocycles. The summed E-state index contributed by atoms with van der Waals surface area (Å²) in [6.45, 7) is 5.58. The Bertz CT molecular complexity index is 1030. The predicted molar refractivity (Wildman–Crippen MR) is 117 cm³/mol. The van der Waals surface area contributed by atoms with Crippen molar-refractivity contribution in [3.8, 4) is 5.69 Å². The van der Waals surface area contributed by atoms with Gasteiger partial charge in [0.05, 0.1) is 34.7 Å². The molecule has 1 unspecified atom stereocenters. The van der Waals surface area contributed by atoms with Crippen molar-refractivity contribution < 1.29 is 9.53 Å². The van der Waals surface area contributed by atoms with Crippen molar-refractivity contribution in [2.45, 2.75) is 20.0 Å². The van der Waals surface area contributed by atoms with Gasteiger partial charge in [0.1, 0.15) is 6.10 Å². The van der Waals surface area contributed by atoms with Crippen LogP contribution in [-0.4, -0.2) is 40.3 Å². The minimum atomic E-state index is -0.142. The number of amides is 1. The summed E-state index contributed by atoms with van der Waals surface area (Å²) in [5.74, 6) is 0.00774. The van der Waals surface area contributed by atoms with E-state index in [1.807, 2.05) is 72.0 Å². The smallest absolute Gasteiger partial charge is 0.254 e. The van der Waals surface area contributed by atoms with E-state index in [9.17, 15) is 4.79 Å². The Morgan fingerprint density at radius 2 is 1.83 bits per heavy atom. The fourth-order valence-corrected chi connectivity index (χ4v) is 3.89. The van der Waals surface area contributed by atoms with Gasteiger partial charge in [-0.2, -0.15) is 5.10 Å². The molecule has 5 nitrogen and oxygen atoms in total. The molecule has 1 atom stereocenters. The van der Waals surface area contributed by atoms with Gasteiger partial charge in [0.2, 0.25) is 0 Å². The molecular weight excluding hydrogens is 454 g/mol. The van der Waals surface area contributed by atoms with Crippen LogP contribution in [0.5, 0.6) is 0 Å². The van der Waals surface area contributed by atoms with E-state index >= 15 is 0 Å². The minimum absolute atomic E-state index is 0.00774. The average Bonchev–Trinajstić information content (AvgIpc) is 3.01. The van der Waals surface area contributed by atoms with Crippen molar-refractivity contribution in [1.29, 1.82) is 0 Å². The number of benzene rings is 2. The molecule has 150 valence electrons. The SMILES string of the molecule is Cc1nn(-c2ccc(C(=O)N3CCOC(c4ccc(Cl)cc4)C3)cc2)c(C)c1Br. The first kappa shape index (κ1) is 20.1. The summed E-state index contributed by atoms with van der Waals surface area (Å²) in [4.78, 5) is 14.9. The van der Waals surface area contributed by atoms with Crippen LogP contribution in [0.15, 0.2) is 53.0 Å². The zero-order chi connectivity index (χ0) is 20.5. The zero-order valence-corrected chi connectivity index (χ0v) is 18.6. The number of morpholine rings is 1. The van der Waals surface area contributed by atoms with E-state index in [0.717, 1.165) is 27.1 Å². The zero-order valence-electron chi connectivity index (χ0n) is 16.2. The van der Waals surface area contributed by atoms with Crippen LogP contribution in [0.4, 0.5) is 0 Å². The quantitative estimate of drug-likeness (QED) is 0.529. The third kappa shape index (κ3) is 4.10. The number of hydrogen-bond acceptors (Lipinski definition) is 3. The van der Waals surface area contributed by atoms with Gasteiger partial charge < -0.3 is 9.64 Å². The monoisotopic (exact) mass is 473 g/mol. The van der Waals surface area contributed by atoms with Crippen LogP contribution in [0.25, 0.3) is 5.69 Å². The highest BCUT2D eigenvalue weighted by Crippen LogP contribution is 2.26. The summed E-state index contributed by atoms with van der Waals surface area (Å²) in [6, 6.07) is 15.1. The van der Waals surface area contributed by atoms with Crippen LogP contribution in [0.3, 0.4) is 0 Å². The number of carbonyl (C=O) groups excluding carboxylic acids is 1.